The van der Waals surface area contributed by atoms with Crippen LogP contribution >= 0.6 is 11.8 Å². The Hall–Kier alpha value is 0.310. The van der Waals surface area contributed by atoms with E-state index < -0.39 is 0 Å². The lowest BCUT2D eigenvalue weighted by molar-refractivity contribution is 0.191. The summed E-state index contributed by atoms with van der Waals surface area (Å²) < 4.78 is 0. The smallest absolute Gasteiger partial charge is 0.00978 e. The molecule has 1 aliphatic heterocycles. The number of thioether (sulfide) groups is 1. The third-order valence-corrected chi connectivity index (χ3v) is 5.43. The predicted octanol–water partition coefficient (Wildman–Crippen LogP) is 3.30. The second-order valence-electron chi connectivity index (χ2n) is 5.43. The van der Waals surface area contributed by atoms with E-state index in [1.165, 1.54) is 43.6 Å². The molecule has 1 N–H and O–H groups in total. The molecule has 2 aliphatic rings. The van der Waals surface area contributed by atoms with E-state index in [1.807, 2.05) is 0 Å². The van der Waals surface area contributed by atoms with Gasteiger partial charge in [-0.05, 0) is 42.6 Å². The van der Waals surface area contributed by atoms with Crippen molar-refractivity contribution in [2.24, 2.45) is 11.8 Å². The summed E-state index contributed by atoms with van der Waals surface area (Å²) in [6, 6.07) is 1.63. The topological polar surface area (TPSA) is 12.0 Å². The fourth-order valence-electron chi connectivity index (χ4n) is 2.98. The number of hydrogen-bond acceptors (Lipinski definition) is 2. The standard InChI is InChI=1S/C13H25NS/c1-10-4-3-5-13(11(10)2)14-12-6-8-15-9-7-12/h10-14H,3-9H2,1-2H3/t10-,11+,13-/m0/s1. The van der Waals surface area contributed by atoms with Crippen molar-refractivity contribution in [1.29, 1.82) is 0 Å². The molecule has 0 bridgehead atoms. The van der Waals surface area contributed by atoms with Crippen molar-refractivity contribution >= 4 is 11.8 Å². The Morgan fingerprint density at radius 3 is 2.47 bits per heavy atom. The van der Waals surface area contributed by atoms with Gasteiger partial charge in [0.2, 0.25) is 0 Å². The van der Waals surface area contributed by atoms with Crippen molar-refractivity contribution in [3.8, 4) is 0 Å². The van der Waals surface area contributed by atoms with Crippen LogP contribution in [0.25, 0.3) is 0 Å². The van der Waals surface area contributed by atoms with Crippen LogP contribution in [0.5, 0.6) is 0 Å². The minimum absolute atomic E-state index is 0.807. The first-order valence-corrected chi connectivity index (χ1v) is 7.76. The number of nitrogens with one attached hydrogen (secondary N) is 1. The fourth-order valence-corrected chi connectivity index (χ4v) is 4.09. The summed E-state index contributed by atoms with van der Waals surface area (Å²) in [6.07, 6.45) is 7.07. The Morgan fingerprint density at radius 2 is 1.73 bits per heavy atom. The van der Waals surface area contributed by atoms with Gasteiger partial charge in [-0.25, -0.2) is 0 Å². The number of rotatable bonds is 2. The second-order valence-corrected chi connectivity index (χ2v) is 6.65. The first kappa shape index (κ1) is 11.8. The summed E-state index contributed by atoms with van der Waals surface area (Å²) in [5.74, 6) is 4.55. The predicted molar refractivity (Wildman–Crippen MR) is 69.4 cm³/mol. The van der Waals surface area contributed by atoms with Gasteiger partial charge in [-0.2, -0.15) is 11.8 Å². The van der Waals surface area contributed by atoms with Crippen molar-refractivity contribution in [2.45, 2.75) is 58.0 Å². The van der Waals surface area contributed by atoms with Gasteiger partial charge in [0.05, 0.1) is 0 Å². The summed E-state index contributed by atoms with van der Waals surface area (Å²) in [5.41, 5.74) is 0. The Kier molecular flexibility index (Phi) is 4.39. The molecule has 1 heterocycles. The third kappa shape index (κ3) is 3.13. The van der Waals surface area contributed by atoms with Crippen LogP contribution in [0.4, 0.5) is 0 Å². The molecule has 0 spiro atoms. The van der Waals surface area contributed by atoms with Gasteiger partial charge in [0, 0.05) is 12.1 Å². The van der Waals surface area contributed by atoms with Crippen LogP contribution in [0.1, 0.15) is 46.0 Å². The Morgan fingerprint density at radius 1 is 1.00 bits per heavy atom. The molecule has 0 unspecified atom stereocenters. The lowest BCUT2D eigenvalue weighted by Gasteiger charge is -2.38. The Bertz CT molecular complexity index is 189. The van der Waals surface area contributed by atoms with E-state index in [0.717, 1.165) is 23.9 Å². The van der Waals surface area contributed by atoms with Crippen molar-refractivity contribution in [2.75, 3.05) is 11.5 Å². The average molecular weight is 227 g/mol. The van der Waals surface area contributed by atoms with Gasteiger partial charge in [-0.1, -0.05) is 26.7 Å². The molecule has 1 aliphatic carbocycles. The van der Waals surface area contributed by atoms with Gasteiger partial charge < -0.3 is 5.32 Å². The molecule has 15 heavy (non-hydrogen) atoms. The van der Waals surface area contributed by atoms with Gasteiger partial charge in [0.15, 0.2) is 0 Å². The minimum Gasteiger partial charge on any atom is -0.311 e. The molecular formula is C13H25NS. The van der Waals surface area contributed by atoms with Crippen molar-refractivity contribution in [1.82, 2.24) is 5.32 Å². The first-order valence-electron chi connectivity index (χ1n) is 6.61. The maximum absolute atomic E-state index is 3.92. The van der Waals surface area contributed by atoms with Crippen LogP contribution in [-0.2, 0) is 0 Å². The van der Waals surface area contributed by atoms with Crippen molar-refractivity contribution in [3.63, 3.8) is 0 Å². The van der Waals surface area contributed by atoms with E-state index in [0.29, 0.717) is 0 Å². The molecule has 2 rings (SSSR count). The Balaban J connectivity index is 1.81. The molecule has 0 aromatic heterocycles. The van der Waals surface area contributed by atoms with E-state index in [2.05, 4.69) is 30.9 Å². The fraction of sp³-hybridized carbons (Fsp3) is 1.00. The molecule has 88 valence electrons. The summed E-state index contributed by atoms with van der Waals surface area (Å²) >= 11 is 2.12. The summed E-state index contributed by atoms with van der Waals surface area (Å²) in [4.78, 5) is 0. The van der Waals surface area contributed by atoms with E-state index in [-0.39, 0.29) is 0 Å². The second kappa shape index (κ2) is 5.58. The third-order valence-electron chi connectivity index (χ3n) is 4.38. The molecule has 0 aromatic rings. The molecule has 2 heteroatoms. The molecule has 2 fully saturated rings. The van der Waals surface area contributed by atoms with Gasteiger partial charge in [0.25, 0.3) is 0 Å². The zero-order valence-corrected chi connectivity index (χ0v) is 11.0. The molecule has 3 atom stereocenters. The molecule has 1 saturated carbocycles. The highest BCUT2D eigenvalue weighted by molar-refractivity contribution is 7.99. The highest BCUT2D eigenvalue weighted by atomic mass is 32.2. The molecule has 1 saturated heterocycles. The molecular weight excluding hydrogens is 202 g/mol. The van der Waals surface area contributed by atoms with E-state index in [9.17, 15) is 0 Å². The summed E-state index contributed by atoms with van der Waals surface area (Å²) in [7, 11) is 0. The number of hydrogen-bond donors (Lipinski definition) is 1. The summed E-state index contributed by atoms with van der Waals surface area (Å²) in [5, 5.41) is 3.92. The first-order chi connectivity index (χ1) is 7.27. The van der Waals surface area contributed by atoms with Gasteiger partial charge >= 0.3 is 0 Å². The van der Waals surface area contributed by atoms with Crippen LogP contribution < -0.4 is 5.32 Å². The van der Waals surface area contributed by atoms with Crippen LogP contribution in [-0.4, -0.2) is 23.6 Å². The van der Waals surface area contributed by atoms with Crippen molar-refractivity contribution in [3.05, 3.63) is 0 Å². The Labute approximate surface area is 98.8 Å². The lowest BCUT2D eigenvalue weighted by atomic mass is 9.77. The van der Waals surface area contributed by atoms with Crippen LogP contribution in [0, 0.1) is 11.8 Å². The SMILES string of the molecule is C[C@H]1[C@@H](NC2CCSCC2)CCC[C@@H]1C. The van der Waals surface area contributed by atoms with E-state index in [4.69, 9.17) is 0 Å². The molecule has 0 aromatic carbocycles. The zero-order valence-electron chi connectivity index (χ0n) is 10.2. The molecule has 0 radical (unpaired) electrons. The molecule has 0 amide bonds. The van der Waals surface area contributed by atoms with Gasteiger partial charge in [-0.15, -0.1) is 0 Å². The van der Waals surface area contributed by atoms with Gasteiger partial charge in [-0.3, -0.25) is 0 Å². The van der Waals surface area contributed by atoms with Crippen LogP contribution in [0.2, 0.25) is 0 Å². The quantitative estimate of drug-likeness (QED) is 0.777. The highest BCUT2D eigenvalue weighted by Crippen LogP contribution is 2.30. The van der Waals surface area contributed by atoms with Crippen LogP contribution in [0.15, 0.2) is 0 Å². The summed E-state index contributed by atoms with van der Waals surface area (Å²) in [6.45, 7) is 4.87. The molecule has 1 nitrogen and oxygen atoms in total. The minimum atomic E-state index is 0.807. The maximum Gasteiger partial charge on any atom is 0.00978 e. The lowest BCUT2D eigenvalue weighted by Crippen LogP contribution is -2.46. The zero-order chi connectivity index (χ0) is 10.7. The van der Waals surface area contributed by atoms with Crippen molar-refractivity contribution < 1.29 is 0 Å². The van der Waals surface area contributed by atoms with E-state index >= 15 is 0 Å². The highest BCUT2D eigenvalue weighted by Gasteiger charge is 2.28. The van der Waals surface area contributed by atoms with Crippen LogP contribution in [0.3, 0.4) is 0 Å². The normalized spacial score (nSPS) is 39.2. The largest absolute Gasteiger partial charge is 0.311 e. The average Bonchev–Trinajstić information content (AvgIpc) is 2.26. The van der Waals surface area contributed by atoms with E-state index in [1.54, 1.807) is 0 Å². The maximum atomic E-state index is 3.92. The monoisotopic (exact) mass is 227 g/mol. The van der Waals surface area contributed by atoms with Gasteiger partial charge in [0.1, 0.15) is 0 Å².